The normalized spacial score (nSPS) is 17.8. The highest BCUT2D eigenvalue weighted by Crippen LogP contribution is 2.22. The fourth-order valence-corrected chi connectivity index (χ4v) is 3.38. The van der Waals surface area contributed by atoms with Crippen LogP contribution in [0.2, 0.25) is 0 Å². The predicted molar refractivity (Wildman–Crippen MR) is 105 cm³/mol. The second-order valence-corrected chi connectivity index (χ2v) is 6.68. The van der Waals surface area contributed by atoms with Crippen LogP contribution in [0.25, 0.3) is 0 Å². The van der Waals surface area contributed by atoms with Gasteiger partial charge in [0.2, 0.25) is 0 Å². The number of likely N-dealkylation sites (tertiary alicyclic amines) is 1. The lowest BCUT2D eigenvalue weighted by Crippen LogP contribution is -2.33. The SMILES string of the molecule is C\C=C/C(Cc1ccccc1F)=C(CN1CCCCC1)\C(N)=C\CC. The van der Waals surface area contributed by atoms with Crippen LogP contribution in [0, 0.1) is 5.82 Å². The summed E-state index contributed by atoms with van der Waals surface area (Å²) in [4.78, 5) is 2.47. The van der Waals surface area contributed by atoms with Gasteiger partial charge in [0.05, 0.1) is 0 Å². The molecule has 0 spiro atoms. The number of nitrogens with two attached hydrogens (primary N) is 1. The molecule has 0 atom stereocenters. The van der Waals surface area contributed by atoms with Crippen molar-refractivity contribution in [3.05, 3.63) is 70.7 Å². The molecule has 1 heterocycles. The standard InChI is InChI=1S/C22H31FN2/c1-3-10-18(16-19-12-6-7-13-21(19)23)20(22(24)11-4-2)17-25-14-8-5-9-15-25/h3,6-7,10-13H,4-5,8-9,14-17,24H2,1-2H3/b10-3-,20-18+,22-11-. The molecule has 0 radical (unpaired) electrons. The van der Waals surface area contributed by atoms with Crippen LogP contribution in [0.15, 0.2) is 59.3 Å². The first-order valence-corrected chi connectivity index (χ1v) is 9.42. The maximum absolute atomic E-state index is 14.2. The third kappa shape index (κ3) is 5.86. The summed E-state index contributed by atoms with van der Waals surface area (Å²) < 4.78 is 14.2. The van der Waals surface area contributed by atoms with Crippen LogP contribution in [-0.4, -0.2) is 24.5 Å². The molecule has 2 N–H and O–H groups in total. The van der Waals surface area contributed by atoms with Gasteiger partial charge in [0.1, 0.15) is 5.82 Å². The van der Waals surface area contributed by atoms with Gasteiger partial charge in [-0.15, -0.1) is 0 Å². The molecule has 1 fully saturated rings. The molecule has 0 amide bonds. The topological polar surface area (TPSA) is 29.3 Å². The second-order valence-electron chi connectivity index (χ2n) is 6.68. The van der Waals surface area contributed by atoms with E-state index in [2.05, 4.69) is 24.0 Å². The Hall–Kier alpha value is -1.87. The molecule has 1 aliphatic rings. The zero-order valence-electron chi connectivity index (χ0n) is 15.6. The zero-order chi connectivity index (χ0) is 18.1. The van der Waals surface area contributed by atoms with Gasteiger partial charge in [0.15, 0.2) is 0 Å². The van der Waals surface area contributed by atoms with Crippen molar-refractivity contribution in [3.63, 3.8) is 0 Å². The minimum Gasteiger partial charge on any atom is -0.399 e. The Kier molecular flexibility index (Phi) is 7.93. The number of nitrogens with zero attached hydrogens (tertiary/aromatic N) is 1. The van der Waals surface area contributed by atoms with Crippen molar-refractivity contribution in [1.82, 2.24) is 4.90 Å². The lowest BCUT2D eigenvalue weighted by Gasteiger charge is -2.28. The van der Waals surface area contributed by atoms with E-state index < -0.39 is 0 Å². The van der Waals surface area contributed by atoms with E-state index in [9.17, 15) is 4.39 Å². The van der Waals surface area contributed by atoms with E-state index in [-0.39, 0.29) is 5.82 Å². The van der Waals surface area contributed by atoms with Gasteiger partial charge in [0.25, 0.3) is 0 Å². The molecule has 1 aromatic carbocycles. The quantitative estimate of drug-likeness (QED) is 0.708. The Labute approximate surface area is 151 Å². The summed E-state index contributed by atoms with van der Waals surface area (Å²) >= 11 is 0. The van der Waals surface area contributed by atoms with Crippen molar-refractivity contribution < 1.29 is 4.39 Å². The third-order valence-electron chi connectivity index (χ3n) is 4.70. The van der Waals surface area contributed by atoms with Gasteiger partial charge in [0, 0.05) is 18.7 Å². The van der Waals surface area contributed by atoms with Gasteiger partial charge in [-0.2, -0.15) is 0 Å². The van der Waals surface area contributed by atoms with E-state index in [0.717, 1.165) is 48.5 Å². The van der Waals surface area contributed by atoms with Crippen LogP contribution in [0.1, 0.15) is 45.1 Å². The summed E-state index contributed by atoms with van der Waals surface area (Å²) in [6.45, 7) is 7.17. The van der Waals surface area contributed by atoms with E-state index in [1.165, 1.54) is 25.3 Å². The first-order valence-electron chi connectivity index (χ1n) is 9.42. The molecular weight excluding hydrogens is 311 g/mol. The number of allylic oxidation sites excluding steroid dienone is 4. The summed E-state index contributed by atoms with van der Waals surface area (Å²) in [5.74, 6) is -0.153. The molecule has 0 aliphatic carbocycles. The number of benzene rings is 1. The molecule has 0 bridgehead atoms. The van der Waals surface area contributed by atoms with Crippen LogP contribution in [0.3, 0.4) is 0 Å². The molecule has 3 heteroatoms. The average molecular weight is 343 g/mol. The van der Waals surface area contributed by atoms with E-state index >= 15 is 0 Å². The molecule has 0 saturated carbocycles. The van der Waals surface area contributed by atoms with E-state index in [1.807, 2.05) is 25.1 Å². The second kappa shape index (κ2) is 10.2. The zero-order valence-corrected chi connectivity index (χ0v) is 15.6. The third-order valence-corrected chi connectivity index (χ3v) is 4.70. The highest BCUT2D eigenvalue weighted by molar-refractivity contribution is 5.42. The first kappa shape index (κ1) is 19.5. The monoisotopic (exact) mass is 342 g/mol. The summed E-state index contributed by atoms with van der Waals surface area (Å²) in [6, 6.07) is 7.01. The number of rotatable bonds is 7. The molecular formula is C22H31FN2. The summed E-state index contributed by atoms with van der Waals surface area (Å²) in [5, 5.41) is 0. The average Bonchev–Trinajstić information content (AvgIpc) is 2.62. The van der Waals surface area contributed by atoms with E-state index in [1.54, 1.807) is 6.07 Å². The number of hydrogen-bond donors (Lipinski definition) is 1. The number of hydrogen-bond acceptors (Lipinski definition) is 2. The molecule has 136 valence electrons. The van der Waals surface area contributed by atoms with Gasteiger partial charge >= 0.3 is 0 Å². The minimum absolute atomic E-state index is 0.153. The van der Waals surface area contributed by atoms with Gasteiger partial charge in [-0.3, -0.25) is 4.90 Å². The Morgan fingerprint density at radius 2 is 1.92 bits per heavy atom. The smallest absolute Gasteiger partial charge is 0.126 e. The van der Waals surface area contributed by atoms with Crippen LogP contribution in [0.5, 0.6) is 0 Å². The van der Waals surface area contributed by atoms with Crippen LogP contribution in [0.4, 0.5) is 4.39 Å². The van der Waals surface area contributed by atoms with Crippen LogP contribution < -0.4 is 5.73 Å². The van der Waals surface area contributed by atoms with Gasteiger partial charge in [-0.05, 0) is 62.1 Å². The highest BCUT2D eigenvalue weighted by Gasteiger charge is 2.16. The Balaban J connectivity index is 2.37. The largest absolute Gasteiger partial charge is 0.399 e. The van der Waals surface area contributed by atoms with E-state index in [0.29, 0.717) is 6.42 Å². The number of halogens is 1. The number of piperidine rings is 1. The van der Waals surface area contributed by atoms with Crippen molar-refractivity contribution >= 4 is 0 Å². The lowest BCUT2D eigenvalue weighted by molar-refractivity contribution is 0.247. The Bertz CT molecular complexity index is 637. The van der Waals surface area contributed by atoms with Crippen molar-refractivity contribution in [3.8, 4) is 0 Å². The van der Waals surface area contributed by atoms with Gasteiger partial charge in [-0.1, -0.05) is 49.8 Å². The van der Waals surface area contributed by atoms with Gasteiger partial charge in [-0.25, -0.2) is 4.39 Å². The Morgan fingerprint density at radius 3 is 2.56 bits per heavy atom. The molecule has 2 rings (SSSR count). The maximum Gasteiger partial charge on any atom is 0.126 e. The summed E-state index contributed by atoms with van der Waals surface area (Å²) in [7, 11) is 0. The molecule has 25 heavy (non-hydrogen) atoms. The van der Waals surface area contributed by atoms with Crippen molar-refractivity contribution in [2.45, 2.75) is 46.0 Å². The fraction of sp³-hybridized carbons (Fsp3) is 0.455. The van der Waals surface area contributed by atoms with Crippen LogP contribution in [-0.2, 0) is 6.42 Å². The van der Waals surface area contributed by atoms with Crippen molar-refractivity contribution in [2.24, 2.45) is 5.73 Å². The minimum atomic E-state index is -0.153. The molecule has 1 saturated heterocycles. The lowest BCUT2D eigenvalue weighted by atomic mass is 9.95. The Morgan fingerprint density at radius 1 is 1.20 bits per heavy atom. The van der Waals surface area contributed by atoms with Crippen LogP contribution >= 0.6 is 0 Å². The van der Waals surface area contributed by atoms with Gasteiger partial charge < -0.3 is 5.73 Å². The maximum atomic E-state index is 14.2. The fourth-order valence-electron chi connectivity index (χ4n) is 3.38. The van der Waals surface area contributed by atoms with Crippen molar-refractivity contribution in [1.29, 1.82) is 0 Å². The molecule has 0 aromatic heterocycles. The first-order chi connectivity index (χ1) is 12.2. The molecule has 2 nitrogen and oxygen atoms in total. The van der Waals surface area contributed by atoms with Crippen molar-refractivity contribution in [2.75, 3.05) is 19.6 Å². The highest BCUT2D eigenvalue weighted by atomic mass is 19.1. The summed E-state index contributed by atoms with van der Waals surface area (Å²) in [5.41, 5.74) is 10.2. The summed E-state index contributed by atoms with van der Waals surface area (Å²) in [6.07, 6.45) is 11.5. The molecule has 1 aromatic rings. The molecule has 0 unspecified atom stereocenters. The molecule has 1 aliphatic heterocycles. The predicted octanol–water partition coefficient (Wildman–Crippen LogP) is 4.98. The van der Waals surface area contributed by atoms with E-state index in [4.69, 9.17) is 5.73 Å².